The first-order valence-electron chi connectivity index (χ1n) is 9.01. The van der Waals surface area contributed by atoms with E-state index in [-0.39, 0.29) is 11.8 Å². The second-order valence-corrected chi connectivity index (χ2v) is 8.64. The first-order chi connectivity index (χ1) is 11.8. The maximum absolute atomic E-state index is 12.5. The summed E-state index contributed by atoms with van der Waals surface area (Å²) >= 11 is 1.71. The van der Waals surface area contributed by atoms with Gasteiger partial charge in [0.15, 0.2) is 0 Å². The fourth-order valence-electron chi connectivity index (χ4n) is 2.59. The summed E-state index contributed by atoms with van der Waals surface area (Å²) < 4.78 is 0. The topological polar surface area (TPSA) is 85.1 Å². The van der Waals surface area contributed by atoms with Crippen LogP contribution in [-0.4, -0.2) is 28.6 Å². The highest BCUT2D eigenvalue weighted by Gasteiger charge is 2.28. The minimum atomic E-state index is -0.663. The SMILES string of the molecule is CC(C)CSc1nc(C(=O)N[C@@H](CC(C)C)C(N)=O)ccc1C1CC1. The highest BCUT2D eigenvalue weighted by Crippen LogP contribution is 2.43. The largest absolute Gasteiger partial charge is 0.368 e. The molecule has 1 saturated carbocycles. The van der Waals surface area contributed by atoms with E-state index in [9.17, 15) is 9.59 Å². The lowest BCUT2D eigenvalue weighted by molar-refractivity contribution is -0.120. The Balaban J connectivity index is 2.15. The van der Waals surface area contributed by atoms with E-state index < -0.39 is 11.9 Å². The number of hydrogen-bond donors (Lipinski definition) is 2. The van der Waals surface area contributed by atoms with Crippen molar-refractivity contribution >= 4 is 23.6 Å². The molecule has 0 saturated heterocycles. The van der Waals surface area contributed by atoms with Crippen LogP contribution < -0.4 is 11.1 Å². The number of amides is 2. The molecule has 2 rings (SSSR count). The third-order valence-corrected chi connectivity index (χ3v) is 5.48. The van der Waals surface area contributed by atoms with Crippen LogP contribution in [0.2, 0.25) is 0 Å². The first kappa shape index (κ1) is 19.8. The number of aromatic nitrogens is 1. The number of rotatable bonds is 9. The molecule has 25 heavy (non-hydrogen) atoms. The Morgan fingerprint density at radius 1 is 1.24 bits per heavy atom. The van der Waals surface area contributed by atoms with E-state index in [2.05, 4.69) is 24.1 Å². The van der Waals surface area contributed by atoms with Crippen LogP contribution in [0, 0.1) is 11.8 Å². The summed E-state index contributed by atoms with van der Waals surface area (Å²) in [5.41, 5.74) is 7.01. The summed E-state index contributed by atoms with van der Waals surface area (Å²) in [6.07, 6.45) is 2.91. The van der Waals surface area contributed by atoms with Crippen molar-refractivity contribution in [3.8, 4) is 0 Å². The van der Waals surface area contributed by atoms with E-state index in [4.69, 9.17) is 5.73 Å². The minimum Gasteiger partial charge on any atom is -0.368 e. The monoisotopic (exact) mass is 363 g/mol. The molecule has 0 bridgehead atoms. The highest BCUT2D eigenvalue weighted by molar-refractivity contribution is 7.99. The Bertz CT molecular complexity index is 627. The number of carbonyl (C=O) groups is 2. The second-order valence-electron chi connectivity index (χ2n) is 7.63. The Morgan fingerprint density at radius 2 is 1.92 bits per heavy atom. The normalized spacial score (nSPS) is 15.4. The molecule has 0 radical (unpaired) electrons. The number of thioether (sulfide) groups is 1. The molecule has 3 N–H and O–H groups in total. The van der Waals surface area contributed by atoms with Gasteiger partial charge in [-0.1, -0.05) is 33.8 Å². The van der Waals surface area contributed by atoms with E-state index >= 15 is 0 Å². The number of pyridine rings is 1. The average Bonchev–Trinajstić information content (AvgIpc) is 3.36. The van der Waals surface area contributed by atoms with Gasteiger partial charge in [-0.2, -0.15) is 0 Å². The Morgan fingerprint density at radius 3 is 2.44 bits per heavy atom. The van der Waals surface area contributed by atoms with E-state index in [0.29, 0.717) is 24.0 Å². The molecule has 138 valence electrons. The van der Waals surface area contributed by atoms with Crippen LogP contribution in [0.1, 0.15) is 68.9 Å². The molecule has 6 heteroatoms. The maximum atomic E-state index is 12.5. The van der Waals surface area contributed by atoms with Crippen LogP contribution in [0.15, 0.2) is 17.2 Å². The van der Waals surface area contributed by atoms with Gasteiger partial charge < -0.3 is 11.1 Å². The van der Waals surface area contributed by atoms with Gasteiger partial charge in [0.25, 0.3) is 5.91 Å². The standard InChI is InChI=1S/C19H29N3O2S/c1-11(2)9-16(17(20)23)21-18(24)15-8-7-14(13-5-6-13)19(22-15)25-10-12(3)4/h7-8,11-13,16H,5-6,9-10H2,1-4H3,(H2,20,23)(H,21,24)/t16-/m0/s1. The summed E-state index contributed by atoms with van der Waals surface area (Å²) in [6.45, 7) is 8.32. The van der Waals surface area contributed by atoms with Crippen molar-refractivity contribution in [2.45, 2.75) is 63.9 Å². The van der Waals surface area contributed by atoms with Gasteiger partial charge >= 0.3 is 0 Å². The first-order valence-corrected chi connectivity index (χ1v) is 10.00. The number of nitrogens with one attached hydrogen (secondary N) is 1. The Hall–Kier alpha value is -1.56. The fraction of sp³-hybridized carbons (Fsp3) is 0.632. The summed E-state index contributed by atoms with van der Waals surface area (Å²) in [7, 11) is 0. The van der Waals surface area contributed by atoms with Crippen molar-refractivity contribution in [2.75, 3.05) is 5.75 Å². The molecule has 0 aromatic carbocycles. The van der Waals surface area contributed by atoms with Crippen LogP contribution in [0.3, 0.4) is 0 Å². The number of carbonyl (C=O) groups excluding carboxylic acids is 2. The van der Waals surface area contributed by atoms with Crippen LogP contribution in [0.25, 0.3) is 0 Å². The van der Waals surface area contributed by atoms with E-state index in [0.717, 1.165) is 10.8 Å². The fourth-order valence-corrected chi connectivity index (χ4v) is 3.65. The molecule has 2 amide bonds. The number of nitrogens with two attached hydrogens (primary N) is 1. The molecule has 0 spiro atoms. The molecule has 1 heterocycles. The Labute approximate surface area is 154 Å². The molecule has 0 unspecified atom stereocenters. The minimum absolute atomic E-state index is 0.264. The molecule has 1 aliphatic carbocycles. The van der Waals surface area contributed by atoms with Crippen LogP contribution in [0.4, 0.5) is 0 Å². The second kappa shape index (κ2) is 8.70. The zero-order valence-electron chi connectivity index (χ0n) is 15.5. The Kier molecular flexibility index (Phi) is 6.87. The van der Waals surface area contributed by atoms with E-state index in [1.54, 1.807) is 17.8 Å². The van der Waals surface area contributed by atoms with Crippen molar-refractivity contribution in [2.24, 2.45) is 17.6 Å². The number of primary amides is 1. The van der Waals surface area contributed by atoms with Gasteiger partial charge in [0.2, 0.25) is 5.91 Å². The molecule has 1 aromatic rings. The van der Waals surface area contributed by atoms with E-state index in [1.165, 1.54) is 18.4 Å². The van der Waals surface area contributed by atoms with Crippen molar-refractivity contribution in [3.63, 3.8) is 0 Å². The predicted molar refractivity (Wildman–Crippen MR) is 102 cm³/mol. The molecular formula is C19H29N3O2S. The summed E-state index contributed by atoms with van der Waals surface area (Å²) in [5, 5.41) is 3.68. The van der Waals surface area contributed by atoms with Gasteiger partial charge in [0, 0.05) is 5.75 Å². The molecule has 1 aromatic heterocycles. The van der Waals surface area contributed by atoms with Gasteiger partial charge in [0.1, 0.15) is 16.8 Å². The molecular weight excluding hydrogens is 334 g/mol. The average molecular weight is 364 g/mol. The third-order valence-electron chi connectivity index (χ3n) is 4.05. The summed E-state index contributed by atoms with van der Waals surface area (Å²) in [6, 6.07) is 3.11. The zero-order chi connectivity index (χ0) is 18.6. The van der Waals surface area contributed by atoms with Crippen molar-refractivity contribution in [3.05, 3.63) is 23.4 Å². The number of hydrogen-bond acceptors (Lipinski definition) is 4. The van der Waals surface area contributed by atoms with Crippen LogP contribution >= 0.6 is 11.8 Å². The van der Waals surface area contributed by atoms with Crippen molar-refractivity contribution in [1.29, 1.82) is 0 Å². The van der Waals surface area contributed by atoms with Gasteiger partial charge in [-0.3, -0.25) is 9.59 Å². The quantitative estimate of drug-likeness (QED) is 0.659. The van der Waals surface area contributed by atoms with Gasteiger partial charge in [0.05, 0.1) is 0 Å². The van der Waals surface area contributed by atoms with Gasteiger partial charge in [-0.25, -0.2) is 4.98 Å². The lowest BCUT2D eigenvalue weighted by Crippen LogP contribution is -2.45. The number of nitrogens with zero attached hydrogens (tertiary/aromatic N) is 1. The van der Waals surface area contributed by atoms with Gasteiger partial charge in [-0.05, 0) is 48.6 Å². The van der Waals surface area contributed by atoms with Crippen molar-refractivity contribution in [1.82, 2.24) is 10.3 Å². The molecule has 1 aliphatic rings. The molecule has 1 atom stereocenters. The highest BCUT2D eigenvalue weighted by atomic mass is 32.2. The summed E-state index contributed by atoms with van der Waals surface area (Å²) in [5.74, 6) is 1.53. The third kappa shape index (κ3) is 6.03. The molecule has 5 nitrogen and oxygen atoms in total. The van der Waals surface area contributed by atoms with Crippen LogP contribution in [0.5, 0.6) is 0 Å². The maximum Gasteiger partial charge on any atom is 0.270 e. The van der Waals surface area contributed by atoms with Crippen LogP contribution in [-0.2, 0) is 4.79 Å². The lowest BCUT2D eigenvalue weighted by Gasteiger charge is -2.18. The lowest BCUT2D eigenvalue weighted by atomic mass is 10.0. The summed E-state index contributed by atoms with van der Waals surface area (Å²) in [4.78, 5) is 28.7. The zero-order valence-corrected chi connectivity index (χ0v) is 16.4. The predicted octanol–water partition coefficient (Wildman–Crippen LogP) is 3.34. The smallest absolute Gasteiger partial charge is 0.270 e. The van der Waals surface area contributed by atoms with E-state index in [1.807, 2.05) is 19.9 Å². The molecule has 0 aliphatic heterocycles. The van der Waals surface area contributed by atoms with Crippen molar-refractivity contribution < 1.29 is 9.59 Å². The van der Waals surface area contributed by atoms with Gasteiger partial charge in [-0.15, -0.1) is 11.8 Å². The molecule has 1 fully saturated rings.